The third kappa shape index (κ3) is 22.2. The molecular formula is C55H84F6N8O6. The monoisotopic (exact) mass is 1070 g/mol. The molecule has 0 aliphatic carbocycles. The molecule has 0 aromatic heterocycles. The van der Waals surface area contributed by atoms with Crippen LogP contribution in [0, 0.1) is 10.8 Å². The number of carbonyl (C=O) groups excluding carboxylic acids is 6. The van der Waals surface area contributed by atoms with Crippen molar-refractivity contribution in [1.82, 2.24) is 40.9 Å². The Hall–Kier alpha value is -5.08. The Kier molecular flexibility index (Phi) is 25.7. The summed E-state index contributed by atoms with van der Waals surface area (Å²) in [6.07, 6.45) is -0.337. The minimum Gasteiger partial charge on any atom is -0.345 e. The van der Waals surface area contributed by atoms with Crippen LogP contribution in [0.2, 0.25) is 0 Å². The molecular weight excluding hydrogens is 983 g/mol. The standard InChI is InChI=1S/C46H66F6N6O4.C9H18N2O2/c1-44(2,3)42(54-39(59)28-53-4)43(62)58-25-15-21-38(58)32-57(30-34-17-13-19-36(27-34)46(50,51)52)41(61)23-11-9-7-6-8-10-22-40(60)56(31-37-20-14-24-55(37)5)29-33-16-12-18-35(26-33)45(47,48)49;1-9(2,3)7(6-12)11-8(13)5-10-4/h12-13,16-19,26-27,37-38,42,53H,6-11,14-15,20-25,28-32H2,1-5H3,(H,54,59);6-7,10H,5H2,1-4H3,(H,11,13). The molecule has 0 radical (unpaired) electrons. The van der Waals surface area contributed by atoms with Crippen LogP contribution in [0.25, 0.3) is 0 Å². The SMILES string of the molecule is CNCC(=O)NC(C(=O)N1CCCC1CN(Cc1cccc(C(F)(F)F)c1)C(=O)CCCCCCCCC(=O)N(Cc1cccc(C(F)(F)F)c1)CC1CCCN1C)C(C)(C)C.CNCC(=O)NC(C=O)C(C)(C)C. The lowest BCUT2D eigenvalue weighted by molar-refractivity contribution is -0.142. The summed E-state index contributed by atoms with van der Waals surface area (Å²) >= 11 is 0. The number of nitrogens with zero attached hydrogens (tertiary/aromatic N) is 4. The summed E-state index contributed by atoms with van der Waals surface area (Å²) in [7, 11) is 5.32. The molecule has 0 spiro atoms. The van der Waals surface area contributed by atoms with Gasteiger partial charge in [0, 0.05) is 57.6 Å². The fourth-order valence-electron chi connectivity index (χ4n) is 9.28. The number of benzene rings is 2. The minimum absolute atomic E-state index is 0.0363. The van der Waals surface area contributed by atoms with Crippen molar-refractivity contribution in [3.63, 3.8) is 0 Å². The molecule has 4 atom stereocenters. The first-order valence-corrected chi connectivity index (χ1v) is 26.3. The van der Waals surface area contributed by atoms with E-state index in [0.717, 1.165) is 75.6 Å². The van der Waals surface area contributed by atoms with Gasteiger partial charge in [-0.05, 0) is 112 Å². The lowest BCUT2D eigenvalue weighted by Crippen LogP contribution is -2.57. The van der Waals surface area contributed by atoms with Crippen molar-refractivity contribution in [2.75, 3.05) is 60.4 Å². The number of hydrogen-bond donors (Lipinski definition) is 4. The van der Waals surface area contributed by atoms with Crippen LogP contribution < -0.4 is 21.3 Å². The summed E-state index contributed by atoms with van der Waals surface area (Å²) in [6, 6.07) is 8.57. The molecule has 422 valence electrons. The Bertz CT molecular complexity index is 2140. The summed E-state index contributed by atoms with van der Waals surface area (Å²) in [5.74, 6) is -1.06. The van der Waals surface area contributed by atoms with Crippen LogP contribution in [0.1, 0.15) is 141 Å². The van der Waals surface area contributed by atoms with Gasteiger partial charge in [0.15, 0.2) is 0 Å². The molecule has 75 heavy (non-hydrogen) atoms. The average molecular weight is 1070 g/mol. The van der Waals surface area contributed by atoms with Gasteiger partial charge in [0.05, 0.1) is 30.3 Å². The van der Waals surface area contributed by atoms with Crippen molar-refractivity contribution in [3.8, 4) is 0 Å². The lowest BCUT2D eigenvalue weighted by Gasteiger charge is -2.37. The van der Waals surface area contributed by atoms with E-state index < -0.39 is 41.0 Å². The van der Waals surface area contributed by atoms with Gasteiger partial charge in [0.25, 0.3) is 0 Å². The molecule has 2 aliphatic rings. The third-order valence-electron chi connectivity index (χ3n) is 13.7. The quantitative estimate of drug-likeness (QED) is 0.0439. The zero-order valence-corrected chi connectivity index (χ0v) is 45.7. The van der Waals surface area contributed by atoms with Gasteiger partial charge in [-0.15, -0.1) is 0 Å². The van der Waals surface area contributed by atoms with Gasteiger partial charge < -0.3 is 45.7 Å². The highest BCUT2D eigenvalue weighted by Gasteiger charge is 2.41. The molecule has 0 bridgehead atoms. The van der Waals surface area contributed by atoms with Crippen molar-refractivity contribution in [1.29, 1.82) is 0 Å². The van der Waals surface area contributed by atoms with Crippen molar-refractivity contribution in [2.45, 2.75) is 168 Å². The van der Waals surface area contributed by atoms with E-state index in [9.17, 15) is 55.1 Å². The highest BCUT2D eigenvalue weighted by atomic mass is 19.4. The molecule has 4 N–H and O–H groups in total. The highest BCUT2D eigenvalue weighted by molar-refractivity contribution is 5.89. The van der Waals surface area contributed by atoms with Gasteiger partial charge in [0.1, 0.15) is 12.3 Å². The van der Waals surface area contributed by atoms with Crippen LogP contribution in [0.4, 0.5) is 26.3 Å². The molecule has 2 aromatic carbocycles. The first-order chi connectivity index (χ1) is 35.1. The van der Waals surface area contributed by atoms with Crippen LogP contribution in [0.15, 0.2) is 48.5 Å². The summed E-state index contributed by atoms with van der Waals surface area (Å²) < 4.78 is 81.1. The Morgan fingerprint density at radius 3 is 1.49 bits per heavy atom. The Labute approximate surface area is 440 Å². The van der Waals surface area contributed by atoms with Gasteiger partial charge in [-0.1, -0.05) is 91.5 Å². The number of hydrogen-bond acceptors (Lipinski definition) is 9. The van der Waals surface area contributed by atoms with Crippen molar-refractivity contribution >= 4 is 35.8 Å². The van der Waals surface area contributed by atoms with Gasteiger partial charge in [-0.25, -0.2) is 0 Å². The van der Waals surface area contributed by atoms with E-state index in [1.165, 1.54) is 12.1 Å². The van der Waals surface area contributed by atoms with Crippen LogP contribution in [-0.2, 0) is 54.2 Å². The minimum atomic E-state index is -4.55. The average Bonchev–Trinajstić information content (AvgIpc) is 3.97. The highest BCUT2D eigenvalue weighted by Crippen LogP contribution is 2.32. The second kappa shape index (κ2) is 30.0. The van der Waals surface area contributed by atoms with Gasteiger partial charge >= 0.3 is 12.4 Å². The van der Waals surface area contributed by atoms with E-state index in [-0.39, 0.29) is 92.6 Å². The summed E-state index contributed by atoms with van der Waals surface area (Å²) in [5, 5.41) is 11.0. The van der Waals surface area contributed by atoms with Gasteiger partial charge in [-0.2, -0.15) is 26.3 Å². The normalized spacial score (nSPS) is 17.1. The van der Waals surface area contributed by atoms with E-state index in [2.05, 4.69) is 26.2 Å². The number of aldehydes is 1. The third-order valence-corrected chi connectivity index (χ3v) is 13.7. The Morgan fingerprint density at radius 2 is 1.08 bits per heavy atom. The number of likely N-dealkylation sites (tertiary alicyclic amines) is 2. The summed E-state index contributed by atoms with van der Waals surface area (Å²) in [5.41, 5.74) is -1.63. The Balaban J connectivity index is 0.000001000. The predicted molar refractivity (Wildman–Crippen MR) is 278 cm³/mol. The molecule has 2 saturated heterocycles. The number of rotatable bonds is 25. The van der Waals surface area contributed by atoms with E-state index >= 15 is 0 Å². The van der Waals surface area contributed by atoms with Crippen LogP contribution in [0.5, 0.6) is 0 Å². The number of amides is 5. The van der Waals surface area contributed by atoms with Crippen molar-refractivity contribution in [3.05, 3.63) is 70.8 Å². The molecule has 4 rings (SSSR count). The van der Waals surface area contributed by atoms with Gasteiger partial charge in [-0.3, -0.25) is 24.0 Å². The first kappa shape index (κ1) is 64.2. The van der Waals surface area contributed by atoms with Gasteiger partial charge in [0.2, 0.25) is 29.5 Å². The van der Waals surface area contributed by atoms with Crippen LogP contribution in [0.3, 0.4) is 0 Å². The van der Waals surface area contributed by atoms with E-state index in [0.29, 0.717) is 49.9 Å². The number of alkyl halides is 6. The van der Waals surface area contributed by atoms with E-state index in [1.807, 2.05) is 48.6 Å². The zero-order valence-electron chi connectivity index (χ0n) is 45.7. The van der Waals surface area contributed by atoms with E-state index in [1.54, 1.807) is 40.9 Å². The molecule has 2 heterocycles. The molecule has 5 amide bonds. The lowest BCUT2D eigenvalue weighted by atomic mass is 9.85. The van der Waals surface area contributed by atoms with Crippen molar-refractivity contribution in [2.24, 2.45) is 10.8 Å². The number of likely N-dealkylation sites (N-methyl/N-ethyl adjacent to an activating group) is 3. The Morgan fingerprint density at radius 1 is 0.640 bits per heavy atom. The second-order valence-corrected chi connectivity index (χ2v) is 22.1. The molecule has 4 unspecified atom stereocenters. The predicted octanol–water partition coefficient (Wildman–Crippen LogP) is 7.97. The first-order valence-electron chi connectivity index (χ1n) is 26.3. The molecule has 2 aromatic rings. The largest absolute Gasteiger partial charge is 0.416 e. The topological polar surface area (TPSA) is 163 Å². The van der Waals surface area contributed by atoms with Crippen LogP contribution >= 0.6 is 0 Å². The molecule has 20 heteroatoms. The fraction of sp³-hybridized carbons (Fsp3) is 0.673. The smallest absolute Gasteiger partial charge is 0.345 e. The maximum absolute atomic E-state index is 14.0. The maximum atomic E-state index is 14.0. The number of carbonyl (C=O) groups is 6. The fourth-order valence-corrected chi connectivity index (χ4v) is 9.28. The molecule has 0 saturated carbocycles. The number of halogens is 6. The molecule has 2 fully saturated rings. The molecule has 14 nitrogen and oxygen atoms in total. The summed E-state index contributed by atoms with van der Waals surface area (Å²) in [6.45, 7) is 13.6. The second-order valence-electron chi connectivity index (χ2n) is 22.1. The maximum Gasteiger partial charge on any atom is 0.416 e. The number of nitrogens with one attached hydrogen (secondary N) is 4. The zero-order chi connectivity index (χ0) is 56.1. The van der Waals surface area contributed by atoms with Crippen LogP contribution in [-0.4, -0.2) is 140 Å². The van der Waals surface area contributed by atoms with Crippen molar-refractivity contribution < 1.29 is 55.1 Å². The molecule has 2 aliphatic heterocycles. The van der Waals surface area contributed by atoms with E-state index in [4.69, 9.17) is 0 Å². The number of unbranched alkanes of at least 4 members (excludes halogenated alkanes) is 5. The summed E-state index contributed by atoms with van der Waals surface area (Å²) in [4.78, 5) is 82.8.